The molecule has 0 aliphatic rings. The van der Waals surface area contributed by atoms with Crippen LogP contribution in [0.4, 0.5) is 20.3 Å². The van der Waals surface area contributed by atoms with E-state index in [1.54, 1.807) is 18.6 Å². The largest absolute Gasteiger partial charge is 0.397 e. The van der Waals surface area contributed by atoms with Crippen LogP contribution in [0, 0.1) is 5.92 Å². The minimum atomic E-state index is -1.09. The van der Waals surface area contributed by atoms with Crippen LogP contribution in [0.2, 0.25) is 0 Å². The van der Waals surface area contributed by atoms with Gasteiger partial charge in [0.2, 0.25) is 5.91 Å². The lowest BCUT2D eigenvalue weighted by molar-refractivity contribution is -0.163. The van der Waals surface area contributed by atoms with Crippen molar-refractivity contribution in [3.05, 3.63) is 36.9 Å². The zero-order valence-electron chi connectivity index (χ0n) is 15.4. The van der Waals surface area contributed by atoms with Gasteiger partial charge in [-0.1, -0.05) is 22.8 Å². The Morgan fingerprint density at radius 2 is 2.07 bits per heavy atom. The van der Waals surface area contributed by atoms with E-state index in [1.807, 2.05) is 32.2 Å². The third kappa shape index (κ3) is 4.34. The molecule has 0 aliphatic carbocycles. The van der Waals surface area contributed by atoms with E-state index in [0.29, 0.717) is 17.0 Å². The molecule has 0 saturated heterocycles. The number of nitrogens with one attached hydrogen (secondary N) is 3. The zero-order valence-corrected chi connectivity index (χ0v) is 15.4. The number of pyridine rings is 2. The van der Waals surface area contributed by atoms with Gasteiger partial charge in [0.05, 0.1) is 17.6 Å². The van der Waals surface area contributed by atoms with E-state index < -0.39 is 24.0 Å². The lowest BCUT2D eigenvalue weighted by Gasteiger charge is -2.22. The molecule has 3 aromatic rings. The number of anilines is 2. The van der Waals surface area contributed by atoms with Crippen LogP contribution in [0.5, 0.6) is 0 Å². The van der Waals surface area contributed by atoms with Gasteiger partial charge in [0.15, 0.2) is 0 Å². The Morgan fingerprint density at radius 1 is 1.29 bits per heavy atom. The molecule has 3 rings (SSSR count). The molecule has 0 fully saturated rings. The maximum Gasteiger partial charge on any atom is 0.243 e. The Bertz CT molecular complexity index is 973. The van der Waals surface area contributed by atoms with E-state index in [4.69, 9.17) is 5.73 Å². The van der Waals surface area contributed by atoms with Gasteiger partial charge in [0.1, 0.15) is 18.4 Å². The van der Waals surface area contributed by atoms with Gasteiger partial charge in [0, 0.05) is 40.4 Å². The molecule has 1 amide bonds. The summed E-state index contributed by atoms with van der Waals surface area (Å²) in [6.07, 6.45) is 6.64. The molecule has 28 heavy (non-hydrogen) atoms. The first-order chi connectivity index (χ1) is 13.3. The van der Waals surface area contributed by atoms with Gasteiger partial charge in [0.25, 0.3) is 0 Å². The predicted octanol–water partition coefficient (Wildman–Crippen LogP) is 2.79. The summed E-state index contributed by atoms with van der Waals surface area (Å²) in [5, 5.41) is 5.02. The van der Waals surface area contributed by atoms with Crippen LogP contribution >= 0.6 is 0 Å². The molecule has 0 radical (unpaired) electrons. The van der Waals surface area contributed by atoms with Crippen LogP contribution in [0.1, 0.15) is 13.8 Å². The van der Waals surface area contributed by atoms with Gasteiger partial charge in [-0.3, -0.25) is 9.78 Å². The van der Waals surface area contributed by atoms with E-state index in [9.17, 15) is 13.8 Å². The maximum absolute atomic E-state index is 12.2. The van der Waals surface area contributed by atoms with E-state index in [2.05, 4.69) is 25.6 Å². The molecule has 0 spiro atoms. The van der Waals surface area contributed by atoms with Crippen molar-refractivity contribution >= 4 is 28.3 Å². The lowest BCUT2D eigenvalue weighted by Crippen LogP contribution is -2.44. The number of rotatable bonds is 7. The molecule has 8 nitrogen and oxygen atoms in total. The van der Waals surface area contributed by atoms with E-state index >= 15 is 0 Å². The lowest BCUT2D eigenvalue weighted by atomic mass is 10.0. The summed E-state index contributed by atoms with van der Waals surface area (Å²) < 4.78 is 24.4. The van der Waals surface area contributed by atoms with Crippen molar-refractivity contribution in [3.63, 3.8) is 0 Å². The quantitative estimate of drug-likeness (QED) is 0.365. The van der Waals surface area contributed by atoms with Gasteiger partial charge in [-0.2, -0.15) is 0 Å². The summed E-state index contributed by atoms with van der Waals surface area (Å²) in [6.45, 7) is 2.81. The molecule has 0 saturated carbocycles. The number of H-pyrrole nitrogens is 1. The Morgan fingerprint density at radius 3 is 2.79 bits per heavy atom. The molecular formula is C18H21F2N7O. The van der Waals surface area contributed by atoms with Gasteiger partial charge < -0.3 is 21.4 Å². The Hall–Kier alpha value is -3.27. The van der Waals surface area contributed by atoms with Gasteiger partial charge in [-0.05, 0) is 18.1 Å². The van der Waals surface area contributed by atoms with Crippen molar-refractivity contribution in [1.29, 1.82) is 0 Å². The Kier molecular flexibility index (Phi) is 5.69. The predicted molar refractivity (Wildman–Crippen MR) is 103 cm³/mol. The number of hydrogen-bond acceptors (Lipinski definition) is 6. The number of amides is 1. The maximum atomic E-state index is 12.2. The van der Waals surface area contributed by atoms with Crippen molar-refractivity contribution in [2.24, 2.45) is 5.92 Å². The highest BCUT2D eigenvalue weighted by Crippen LogP contribution is 2.30. The molecule has 1 unspecified atom stereocenters. The number of halogens is 2. The van der Waals surface area contributed by atoms with Crippen molar-refractivity contribution < 1.29 is 13.8 Å². The second kappa shape index (κ2) is 8.17. The van der Waals surface area contributed by atoms with Gasteiger partial charge >= 0.3 is 0 Å². The first-order valence-electron chi connectivity index (χ1n) is 8.66. The summed E-state index contributed by atoms with van der Waals surface area (Å²) in [5.41, 5.74) is 9.33. The second-order valence-electron chi connectivity index (χ2n) is 6.70. The zero-order chi connectivity index (χ0) is 20.3. The van der Waals surface area contributed by atoms with Crippen LogP contribution in [0.25, 0.3) is 22.2 Å². The van der Waals surface area contributed by atoms with Crippen molar-refractivity contribution in [2.75, 3.05) is 17.7 Å². The van der Waals surface area contributed by atoms with Crippen LogP contribution in [-0.4, -0.2) is 38.9 Å². The molecule has 5 N–H and O–H groups in total. The number of nitrogen functional groups attached to an aromatic ring is 1. The highest BCUT2D eigenvalue weighted by Gasteiger charge is 2.23. The van der Waals surface area contributed by atoms with E-state index in [0.717, 1.165) is 16.5 Å². The summed E-state index contributed by atoms with van der Waals surface area (Å²) in [6, 6.07) is 2.95. The highest BCUT2D eigenvalue weighted by atomic mass is 19.4. The Labute approximate surface area is 160 Å². The van der Waals surface area contributed by atoms with E-state index in [-0.39, 0.29) is 5.92 Å². The van der Waals surface area contributed by atoms with E-state index in [1.165, 1.54) is 0 Å². The molecule has 3 heterocycles. The summed E-state index contributed by atoms with van der Waals surface area (Å²) in [7, 11) is 0. The molecule has 0 aromatic carbocycles. The van der Waals surface area contributed by atoms with Gasteiger partial charge in [-0.25, -0.2) is 4.98 Å². The fourth-order valence-corrected chi connectivity index (χ4v) is 2.89. The fraction of sp³-hybridized carbons (Fsp3) is 0.278. The van der Waals surface area contributed by atoms with Crippen LogP contribution in [0.15, 0.2) is 36.9 Å². The number of aromatic amines is 1. The molecular weight excluding hydrogens is 368 g/mol. The molecule has 148 valence electrons. The number of hydrogen-bond donors (Lipinski definition) is 4. The molecule has 0 bridgehead atoms. The molecule has 10 heteroatoms. The fourth-order valence-electron chi connectivity index (χ4n) is 2.89. The normalized spacial score (nSPS) is 12.5. The van der Waals surface area contributed by atoms with Crippen LogP contribution in [0.3, 0.4) is 0 Å². The third-order valence-electron chi connectivity index (χ3n) is 4.25. The number of nitrogens with two attached hydrogens (primary N) is 1. The van der Waals surface area contributed by atoms with Crippen LogP contribution in [-0.2, 0) is 4.79 Å². The van der Waals surface area contributed by atoms with Crippen molar-refractivity contribution in [1.82, 2.24) is 25.6 Å². The van der Waals surface area contributed by atoms with Crippen LogP contribution < -0.4 is 16.4 Å². The smallest absolute Gasteiger partial charge is 0.243 e. The monoisotopic (exact) mass is 389 g/mol. The molecule has 1 atom stereocenters. The second-order valence-corrected chi connectivity index (χ2v) is 6.70. The standard InChI is InChI=1S/C18H21F2N7O/c1-10(2)16(18(28)25-9-27(19)20)26-13-3-11(5-22-7-13)15-8-24-17-14(15)4-12(21)6-23-17/h3-8,10,16,26H,9,21H2,1-2H3,(H,23,24)(H,25,28). The SMILES string of the molecule is CC(C)C(Nc1cncc(-c2c[nH]c3ncc(N)cc23)c1)C(=O)NCN(F)F. The number of carbonyl (C=O) groups excluding carboxylic acids is 1. The topological polar surface area (TPSA) is 112 Å². The Balaban J connectivity index is 1.85. The first kappa shape index (κ1) is 19.5. The number of nitrogens with zero attached hydrogens (tertiary/aromatic N) is 3. The average molecular weight is 389 g/mol. The first-order valence-corrected chi connectivity index (χ1v) is 8.66. The number of aromatic nitrogens is 3. The summed E-state index contributed by atoms with van der Waals surface area (Å²) in [4.78, 5) is 23.8. The third-order valence-corrected chi connectivity index (χ3v) is 4.25. The van der Waals surface area contributed by atoms with Gasteiger partial charge in [-0.15, -0.1) is 0 Å². The van der Waals surface area contributed by atoms with Crippen molar-refractivity contribution in [2.45, 2.75) is 19.9 Å². The molecule has 3 aromatic heterocycles. The number of carbonyl (C=O) groups is 1. The number of fused-ring (bicyclic) bond motifs is 1. The highest BCUT2D eigenvalue weighted by molar-refractivity contribution is 5.95. The summed E-state index contributed by atoms with van der Waals surface area (Å²) >= 11 is 0. The summed E-state index contributed by atoms with van der Waals surface area (Å²) in [5.74, 6) is -0.654. The minimum absolute atomic E-state index is 0.131. The van der Waals surface area contributed by atoms with Crippen molar-refractivity contribution in [3.8, 4) is 11.1 Å². The average Bonchev–Trinajstić information content (AvgIpc) is 3.07. The molecule has 0 aliphatic heterocycles. The minimum Gasteiger partial charge on any atom is -0.397 e.